The van der Waals surface area contributed by atoms with Crippen LogP contribution < -0.4 is 10.6 Å². The van der Waals surface area contributed by atoms with Crippen molar-refractivity contribution in [3.63, 3.8) is 0 Å². The molecule has 6 nitrogen and oxygen atoms in total. The molecule has 0 radical (unpaired) electrons. The summed E-state index contributed by atoms with van der Waals surface area (Å²) in [4.78, 5) is 31.0. The number of likely N-dealkylation sites (tertiary alicyclic amines) is 1. The van der Waals surface area contributed by atoms with Crippen molar-refractivity contribution in [1.82, 2.24) is 9.88 Å². The van der Waals surface area contributed by atoms with Gasteiger partial charge >= 0.3 is 0 Å². The second-order valence-corrected chi connectivity index (χ2v) is 7.92. The average Bonchev–Trinajstić information content (AvgIpc) is 2.71. The number of anilines is 2. The smallest absolute Gasteiger partial charge is 0.238 e. The van der Waals surface area contributed by atoms with E-state index in [9.17, 15) is 9.59 Å². The first-order chi connectivity index (χ1) is 13.5. The molecule has 0 saturated carbocycles. The molecule has 1 aliphatic rings. The van der Waals surface area contributed by atoms with E-state index in [-0.39, 0.29) is 17.7 Å². The Hall–Kier alpha value is -2.25. The summed E-state index contributed by atoms with van der Waals surface area (Å²) in [7, 11) is 0. The van der Waals surface area contributed by atoms with E-state index < -0.39 is 0 Å². The molecule has 2 N–H and O–H groups in total. The van der Waals surface area contributed by atoms with Crippen molar-refractivity contribution < 1.29 is 9.59 Å². The largest absolute Gasteiger partial charge is 0.325 e. The molecule has 0 unspecified atom stereocenters. The van der Waals surface area contributed by atoms with Gasteiger partial charge in [0.25, 0.3) is 0 Å². The monoisotopic (exact) mass is 444 g/mol. The van der Waals surface area contributed by atoms with Gasteiger partial charge in [-0.05, 0) is 78.1 Å². The van der Waals surface area contributed by atoms with E-state index in [4.69, 9.17) is 0 Å². The number of halogens is 1. The van der Waals surface area contributed by atoms with Crippen molar-refractivity contribution in [3.05, 3.63) is 52.6 Å². The van der Waals surface area contributed by atoms with E-state index in [2.05, 4.69) is 43.4 Å². The van der Waals surface area contributed by atoms with Crippen molar-refractivity contribution in [1.29, 1.82) is 0 Å². The Morgan fingerprint density at radius 3 is 2.43 bits per heavy atom. The molecule has 0 spiro atoms. The Bertz CT molecular complexity index is 800. The molecule has 28 heavy (non-hydrogen) atoms. The van der Waals surface area contributed by atoms with E-state index >= 15 is 0 Å². The lowest BCUT2D eigenvalue weighted by Crippen LogP contribution is -2.41. The molecule has 2 aromatic rings. The minimum absolute atomic E-state index is 0.00469. The first-order valence-electron chi connectivity index (χ1n) is 9.57. The Morgan fingerprint density at radius 2 is 1.82 bits per heavy atom. The van der Waals surface area contributed by atoms with Crippen LogP contribution in [0.15, 0.2) is 47.1 Å². The van der Waals surface area contributed by atoms with Crippen LogP contribution in [0, 0.1) is 5.92 Å². The zero-order valence-corrected chi connectivity index (χ0v) is 17.5. The molecule has 7 heteroatoms. The minimum atomic E-state index is -0.0497. The third-order valence-corrected chi connectivity index (χ3v) is 5.42. The Kier molecular flexibility index (Phi) is 7.17. The van der Waals surface area contributed by atoms with Crippen molar-refractivity contribution in [2.24, 2.45) is 5.92 Å². The SMILES string of the molecule is CCc1ccc(NC(=O)CN2CCC(C(=O)Nc3ccc(Br)cn3)CC2)cc1. The highest BCUT2D eigenvalue weighted by atomic mass is 79.9. The predicted molar refractivity (Wildman–Crippen MR) is 114 cm³/mol. The number of benzene rings is 1. The Morgan fingerprint density at radius 1 is 1.11 bits per heavy atom. The molecule has 1 aromatic heterocycles. The molecular formula is C21H25BrN4O2. The second kappa shape index (κ2) is 9.80. The topological polar surface area (TPSA) is 74.3 Å². The zero-order valence-electron chi connectivity index (χ0n) is 16.0. The number of carbonyl (C=O) groups is 2. The summed E-state index contributed by atoms with van der Waals surface area (Å²) >= 11 is 3.33. The highest BCUT2D eigenvalue weighted by Gasteiger charge is 2.26. The number of nitrogens with one attached hydrogen (secondary N) is 2. The van der Waals surface area contributed by atoms with Gasteiger partial charge in [-0.25, -0.2) is 4.98 Å². The number of carbonyl (C=O) groups excluding carboxylic acids is 2. The van der Waals surface area contributed by atoms with Crippen molar-refractivity contribution in [2.45, 2.75) is 26.2 Å². The molecule has 2 heterocycles. The molecule has 1 aromatic carbocycles. The predicted octanol–water partition coefficient (Wildman–Crippen LogP) is 3.70. The van der Waals surface area contributed by atoms with Gasteiger partial charge in [0.15, 0.2) is 0 Å². The molecule has 3 rings (SSSR count). The van der Waals surface area contributed by atoms with Crippen LogP contribution in [0.2, 0.25) is 0 Å². The first kappa shape index (κ1) is 20.5. The summed E-state index contributed by atoms with van der Waals surface area (Å²) in [5.74, 6) is 0.483. The van der Waals surface area contributed by atoms with Gasteiger partial charge in [-0.15, -0.1) is 0 Å². The number of pyridine rings is 1. The molecule has 1 saturated heterocycles. The molecule has 1 aliphatic heterocycles. The normalized spacial score (nSPS) is 15.2. The molecule has 1 fully saturated rings. The van der Waals surface area contributed by atoms with Crippen LogP contribution >= 0.6 is 15.9 Å². The summed E-state index contributed by atoms with van der Waals surface area (Å²) in [5, 5.41) is 5.81. The van der Waals surface area contributed by atoms with Crippen LogP contribution in [0.3, 0.4) is 0 Å². The molecule has 2 amide bonds. The number of aryl methyl sites for hydroxylation is 1. The summed E-state index contributed by atoms with van der Waals surface area (Å²) in [5.41, 5.74) is 2.06. The van der Waals surface area contributed by atoms with E-state index in [0.717, 1.165) is 42.5 Å². The first-order valence-corrected chi connectivity index (χ1v) is 10.4. The second-order valence-electron chi connectivity index (χ2n) is 7.00. The van der Waals surface area contributed by atoms with Crippen LogP contribution in [0.4, 0.5) is 11.5 Å². The third-order valence-electron chi connectivity index (χ3n) is 4.95. The number of hydrogen-bond acceptors (Lipinski definition) is 4. The highest BCUT2D eigenvalue weighted by Crippen LogP contribution is 2.20. The van der Waals surface area contributed by atoms with Gasteiger partial charge < -0.3 is 10.6 Å². The van der Waals surface area contributed by atoms with Crippen LogP contribution in [0.25, 0.3) is 0 Å². The summed E-state index contributed by atoms with van der Waals surface area (Å²) in [6.07, 6.45) is 4.11. The summed E-state index contributed by atoms with van der Waals surface area (Å²) in [6.45, 7) is 3.91. The lowest BCUT2D eigenvalue weighted by atomic mass is 9.96. The average molecular weight is 445 g/mol. The van der Waals surface area contributed by atoms with Crippen molar-refractivity contribution in [2.75, 3.05) is 30.3 Å². The van der Waals surface area contributed by atoms with Gasteiger partial charge in [0.1, 0.15) is 5.82 Å². The van der Waals surface area contributed by atoms with Gasteiger partial charge in [0.2, 0.25) is 11.8 Å². The molecular weight excluding hydrogens is 420 g/mol. The van der Waals surface area contributed by atoms with Gasteiger partial charge in [0, 0.05) is 22.3 Å². The standard InChI is InChI=1S/C21H25BrN4O2/c1-2-15-3-6-18(7-4-15)24-20(27)14-26-11-9-16(10-12-26)21(28)25-19-8-5-17(22)13-23-19/h3-8,13,16H,2,9-12,14H2,1H3,(H,24,27)(H,23,25,28). The fraction of sp³-hybridized carbons (Fsp3) is 0.381. The van der Waals surface area contributed by atoms with Gasteiger partial charge in [0.05, 0.1) is 6.54 Å². The summed E-state index contributed by atoms with van der Waals surface area (Å²) < 4.78 is 0.874. The fourth-order valence-corrected chi connectivity index (χ4v) is 3.49. The maximum absolute atomic E-state index is 12.4. The number of hydrogen-bond donors (Lipinski definition) is 2. The number of rotatable bonds is 6. The van der Waals surface area contributed by atoms with Crippen LogP contribution in [0.1, 0.15) is 25.3 Å². The van der Waals surface area contributed by atoms with E-state index in [1.807, 2.05) is 30.3 Å². The number of piperidine rings is 1. The molecule has 148 valence electrons. The van der Waals surface area contributed by atoms with Crippen molar-refractivity contribution >= 4 is 39.2 Å². The van der Waals surface area contributed by atoms with Gasteiger partial charge in [-0.3, -0.25) is 14.5 Å². The zero-order chi connectivity index (χ0) is 19.9. The lowest BCUT2D eigenvalue weighted by molar-refractivity contribution is -0.121. The van der Waals surface area contributed by atoms with Crippen molar-refractivity contribution in [3.8, 4) is 0 Å². The quantitative estimate of drug-likeness (QED) is 0.711. The third kappa shape index (κ3) is 5.87. The maximum Gasteiger partial charge on any atom is 0.238 e. The summed E-state index contributed by atoms with van der Waals surface area (Å²) in [6, 6.07) is 11.5. The van der Waals surface area contributed by atoms with Gasteiger partial charge in [-0.2, -0.15) is 0 Å². The minimum Gasteiger partial charge on any atom is -0.325 e. The van der Waals surface area contributed by atoms with E-state index in [1.165, 1.54) is 5.56 Å². The molecule has 0 bridgehead atoms. The molecule has 0 atom stereocenters. The van der Waals surface area contributed by atoms with E-state index in [0.29, 0.717) is 12.4 Å². The highest BCUT2D eigenvalue weighted by molar-refractivity contribution is 9.10. The van der Waals surface area contributed by atoms with Crippen LogP contribution in [0.5, 0.6) is 0 Å². The fourth-order valence-electron chi connectivity index (χ4n) is 3.26. The number of nitrogens with zero attached hydrogens (tertiary/aromatic N) is 2. The maximum atomic E-state index is 12.4. The number of amides is 2. The Labute approximate surface area is 173 Å². The lowest BCUT2D eigenvalue weighted by Gasteiger charge is -2.30. The van der Waals surface area contributed by atoms with Crippen LogP contribution in [-0.4, -0.2) is 41.3 Å². The van der Waals surface area contributed by atoms with E-state index in [1.54, 1.807) is 12.3 Å². The number of aromatic nitrogens is 1. The van der Waals surface area contributed by atoms with Crippen LogP contribution in [-0.2, 0) is 16.0 Å². The molecule has 0 aliphatic carbocycles. The van der Waals surface area contributed by atoms with Gasteiger partial charge in [-0.1, -0.05) is 19.1 Å². The Balaban J connectivity index is 1.42.